The number of hydrogen-bond donors (Lipinski definition) is 2. The van der Waals surface area contributed by atoms with Crippen molar-refractivity contribution in [1.82, 2.24) is 40.2 Å². The molecule has 400 valence electrons. The molecule has 16 nitrogen and oxygen atoms in total. The van der Waals surface area contributed by atoms with E-state index in [0.717, 1.165) is 96.9 Å². The van der Waals surface area contributed by atoms with Crippen molar-refractivity contribution in [2.24, 2.45) is 5.73 Å². The van der Waals surface area contributed by atoms with E-state index >= 15 is 0 Å². The highest BCUT2D eigenvalue weighted by Gasteiger charge is 2.33. The largest absolute Gasteiger partial charge is 0.472 e. The third-order valence-corrected chi connectivity index (χ3v) is 13.2. The smallest absolute Gasteiger partial charge is 0.433 e. The number of alkyl halides is 6. The number of nitrogens with zero attached hydrogens (tertiary/aromatic N) is 10. The molecular weight excluding hydrogens is 1100 g/mol. The lowest BCUT2D eigenvalue weighted by Crippen LogP contribution is -2.45. The molecule has 2 aliphatic heterocycles. The molecule has 2 saturated heterocycles. The Bertz CT molecular complexity index is 2690. The van der Waals surface area contributed by atoms with Crippen molar-refractivity contribution >= 4 is 51.6 Å². The van der Waals surface area contributed by atoms with Crippen LogP contribution in [0, 0.1) is 3.70 Å². The van der Waals surface area contributed by atoms with Crippen molar-refractivity contribution in [3.05, 3.63) is 147 Å². The minimum atomic E-state index is -4.47. The fraction of sp³-hybridized carbons (Fsp3) is 0.385. The molecule has 0 bridgehead atoms. The van der Waals surface area contributed by atoms with E-state index in [9.17, 15) is 35.9 Å². The molecule has 0 radical (unpaired) electrons. The first-order valence-corrected chi connectivity index (χ1v) is 25.0. The van der Waals surface area contributed by atoms with E-state index in [2.05, 4.69) is 94.0 Å². The van der Waals surface area contributed by atoms with Crippen LogP contribution in [0.1, 0.15) is 73.2 Å². The third kappa shape index (κ3) is 17.9. The quantitative estimate of drug-likeness (QED) is 0.0778. The third-order valence-electron chi connectivity index (χ3n) is 12.6. The zero-order chi connectivity index (χ0) is 54.1. The number of nitrogens with two attached hydrogens (primary N) is 1. The second-order valence-corrected chi connectivity index (χ2v) is 18.8. The lowest BCUT2D eigenvalue weighted by atomic mass is 10.0. The molecule has 8 rings (SSSR count). The molecule has 0 aliphatic carbocycles. The van der Waals surface area contributed by atoms with E-state index in [4.69, 9.17) is 15.2 Å². The van der Waals surface area contributed by atoms with Gasteiger partial charge in [-0.1, -0.05) is 36.4 Å². The summed E-state index contributed by atoms with van der Waals surface area (Å²) < 4.78 is 86.2. The van der Waals surface area contributed by atoms with Crippen molar-refractivity contribution in [3.63, 3.8) is 0 Å². The fourth-order valence-electron chi connectivity index (χ4n) is 7.94. The van der Waals surface area contributed by atoms with Gasteiger partial charge in [-0.3, -0.25) is 19.6 Å². The number of halogens is 7. The second-order valence-electron chi connectivity index (χ2n) is 17.7. The SMILES string of the molecule is CC(=O)N(C)C1CCN(c2ccc(CN)cc2)CC1.CC(=O)N(C)C1CCN(c2ccc(CNc3ccc(OCc4ccc(C(F)(F)F)nc4)nn3)cc2)CC1.FC(F)(F)c1ccc(COc2ccc(I)nn2)cn1. The van der Waals surface area contributed by atoms with Gasteiger partial charge in [0.25, 0.3) is 0 Å². The number of carbonyl (C=O) groups is 2. The molecule has 6 heterocycles. The first-order valence-electron chi connectivity index (χ1n) is 24.0. The average Bonchev–Trinajstić information content (AvgIpc) is 3.42. The van der Waals surface area contributed by atoms with Gasteiger partial charge in [0.15, 0.2) is 0 Å². The van der Waals surface area contributed by atoms with E-state index in [1.54, 1.807) is 38.1 Å². The molecule has 2 fully saturated rings. The minimum Gasteiger partial charge on any atom is -0.472 e. The molecule has 75 heavy (non-hydrogen) atoms. The van der Waals surface area contributed by atoms with Crippen molar-refractivity contribution in [3.8, 4) is 11.8 Å². The Kier molecular flexibility index (Phi) is 20.7. The number of benzene rings is 2. The Hall–Kier alpha value is -6.89. The highest BCUT2D eigenvalue weighted by Crippen LogP contribution is 2.29. The molecule has 0 spiro atoms. The maximum Gasteiger partial charge on any atom is 0.433 e. The van der Waals surface area contributed by atoms with Crippen LogP contribution in [-0.2, 0) is 48.2 Å². The van der Waals surface area contributed by atoms with Crippen LogP contribution in [0.3, 0.4) is 0 Å². The minimum absolute atomic E-state index is 0.0318. The van der Waals surface area contributed by atoms with Gasteiger partial charge in [-0.2, -0.15) is 26.3 Å². The first kappa shape index (κ1) is 57.4. The Morgan fingerprint density at radius 2 is 1.01 bits per heavy atom. The average molecular weight is 1160 g/mol. The van der Waals surface area contributed by atoms with Gasteiger partial charge in [-0.25, -0.2) is 0 Å². The monoisotopic (exact) mass is 1160 g/mol. The lowest BCUT2D eigenvalue weighted by Gasteiger charge is -2.37. The second kappa shape index (κ2) is 27.1. The van der Waals surface area contributed by atoms with Crippen LogP contribution in [-0.4, -0.2) is 104 Å². The molecule has 23 heteroatoms. The van der Waals surface area contributed by atoms with Gasteiger partial charge < -0.3 is 40.1 Å². The summed E-state index contributed by atoms with van der Waals surface area (Å²) in [6.45, 7) is 8.36. The molecule has 3 N–H and O–H groups in total. The summed E-state index contributed by atoms with van der Waals surface area (Å²) in [5.41, 5.74) is 9.42. The van der Waals surface area contributed by atoms with Crippen LogP contribution in [0.5, 0.6) is 11.8 Å². The zero-order valence-electron chi connectivity index (χ0n) is 41.9. The van der Waals surface area contributed by atoms with Gasteiger partial charge in [0.05, 0.1) is 0 Å². The highest BCUT2D eigenvalue weighted by atomic mass is 127. The number of ether oxygens (including phenoxy) is 2. The number of carbonyl (C=O) groups excluding carboxylic acids is 2. The topological polar surface area (TPSA) is 181 Å². The standard InChI is InChI=1S/C26H29F3N6O2.C15H23N3O.C11H7F3IN3O/c1-18(36)34(2)21-11-13-35(14-12-21)22-6-3-19(4-7-22)15-31-24-9-10-25(33-32-24)37-17-20-5-8-23(30-16-20)26(27,28)29;1-12(19)17(2)14-7-9-18(10-8-14)15-5-3-13(11-16)4-6-15;12-11(13,14)8-2-1-7(5-16-8)6-19-10-4-3-9(15)17-18-10/h3-10,16,21H,11-15,17H2,1-2H3,(H,31,32);3-6,14H,7-11,16H2,1-2H3;1-5H,6H2. The summed E-state index contributed by atoms with van der Waals surface area (Å²) in [6.07, 6.45) is -2.65. The van der Waals surface area contributed by atoms with Crippen molar-refractivity contribution in [2.75, 3.05) is 55.4 Å². The fourth-order valence-corrected chi connectivity index (χ4v) is 8.23. The predicted octanol–water partition coefficient (Wildman–Crippen LogP) is 9.20. The molecule has 2 amide bonds. The number of piperidine rings is 2. The van der Waals surface area contributed by atoms with Crippen LogP contribution in [0.4, 0.5) is 43.5 Å². The van der Waals surface area contributed by atoms with E-state index in [1.807, 2.05) is 46.5 Å². The van der Waals surface area contributed by atoms with Gasteiger partial charge in [0.1, 0.15) is 34.1 Å². The van der Waals surface area contributed by atoms with Gasteiger partial charge in [-0.05, 0) is 108 Å². The summed E-state index contributed by atoms with van der Waals surface area (Å²) in [4.78, 5) is 38.1. The van der Waals surface area contributed by atoms with Crippen molar-refractivity contribution < 1.29 is 45.4 Å². The molecule has 0 unspecified atom stereocenters. The van der Waals surface area contributed by atoms with E-state index < -0.39 is 23.7 Å². The molecule has 4 aromatic heterocycles. The lowest BCUT2D eigenvalue weighted by molar-refractivity contribution is -0.142. The summed E-state index contributed by atoms with van der Waals surface area (Å²) in [6, 6.07) is 28.7. The normalized spacial score (nSPS) is 14.1. The van der Waals surface area contributed by atoms with Gasteiger partial charge in [0, 0.05) is 126 Å². The zero-order valence-corrected chi connectivity index (χ0v) is 44.0. The number of anilines is 3. The number of rotatable bonds is 14. The van der Waals surface area contributed by atoms with E-state index in [0.29, 0.717) is 48.0 Å². The first-order chi connectivity index (χ1) is 35.7. The molecule has 6 aromatic rings. The number of hydrogen-bond acceptors (Lipinski definition) is 14. The van der Waals surface area contributed by atoms with Crippen LogP contribution in [0.2, 0.25) is 0 Å². The van der Waals surface area contributed by atoms with Crippen molar-refractivity contribution in [2.45, 2.75) is 90.3 Å². The van der Waals surface area contributed by atoms with Crippen LogP contribution in [0.15, 0.2) is 109 Å². The number of pyridine rings is 2. The van der Waals surface area contributed by atoms with Gasteiger partial charge >= 0.3 is 12.4 Å². The molecule has 0 atom stereocenters. The maximum absolute atomic E-state index is 12.6. The molecule has 2 aliphatic rings. The van der Waals surface area contributed by atoms with Gasteiger partial charge in [-0.15, -0.1) is 20.4 Å². The van der Waals surface area contributed by atoms with Crippen LogP contribution >= 0.6 is 22.6 Å². The Balaban J connectivity index is 0.000000202. The van der Waals surface area contributed by atoms with Gasteiger partial charge in [0.2, 0.25) is 23.6 Å². The van der Waals surface area contributed by atoms with E-state index in [-0.39, 0.29) is 30.9 Å². The number of nitrogens with one attached hydrogen (secondary N) is 1. The molecule has 2 aromatic carbocycles. The molecular formula is C52H59F6IN12O4. The predicted molar refractivity (Wildman–Crippen MR) is 279 cm³/mol. The number of aromatic nitrogens is 6. The highest BCUT2D eigenvalue weighted by molar-refractivity contribution is 14.1. The maximum atomic E-state index is 12.6. The summed E-state index contributed by atoms with van der Waals surface area (Å²) in [5, 5.41) is 18.9. The summed E-state index contributed by atoms with van der Waals surface area (Å²) in [7, 11) is 3.77. The Morgan fingerprint density at radius 1 is 0.600 bits per heavy atom. The Morgan fingerprint density at radius 3 is 1.36 bits per heavy atom. The summed E-state index contributed by atoms with van der Waals surface area (Å²) >= 11 is 2.00. The van der Waals surface area contributed by atoms with Crippen LogP contribution in [0.25, 0.3) is 0 Å². The van der Waals surface area contributed by atoms with Crippen molar-refractivity contribution in [1.29, 1.82) is 0 Å². The van der Waals surface area contributed by atoms with E-state index in [1.165, 1.54) is 17.8 Å². The Labute approximate surface area is 445 Å². The number of amides is 2. The summed E-state index contributed by atoms with van der Waals surface area (Å²) in [5.74, 6) is 1.40. The molecule has 0 saturated carbocycles. The van der Waals surface area contributed by atoms with Crippen LogP contribution < -0.4 is 30.3 Å².